The second-order valence-corrected chi connectivity index (χ2v) is 6.17. The number of anilines is 2. The van der Waals surface area contributed by atoms with E-state index in [9.17, 15) is 9.59 Å². The smallest absolute Gasteiger partial charge is 0.255 e. The first-order valence-corrected chi connectivity index (χ1v) is 8.55. The van der Waals surface area contributed by atoms with Crippen LogP contribution in [0.5, 0.6) is 5.75 Å². The van der Waals surface area contributed by atoms with Gasteiger partial charge in [0.25, 0.3) is 11.8 Å². The molecule has 6 heteroatoms. The van der Waals surface area contributed by atoms with E-state index in [2.05, 4.69) is 10.6 Å². The standard InChI is InChI=1S/C21H17ClN2O3/c1-27-19-10-3-6-15(12-19)21(26)24-18-9-4-8-17(13-18)23-20(25)14-5-2-7-16(22)11-14/h2-13H,1H3,(H,23,25)(H,24,26). The molecule has 2 amide bonds. The number of rotatable bonds is 5. The van der Waals surface area contributed by atoms with Crippen LogP contribution in [0.1, 0.15) is 20.7 Å². The summed E-state index contributed by atoms with van der Waals surface area (Å²) in [7, 11) is 1.54. The molecule has 3 aromatic rings. The Morgan fingerprint density at radius 3 is 1.93 bits per heavy atom. The maximum atomic E-state index is 12.4. The second-order valence-electron chi connectivity index (χ2n) is 5.73. The van der Waals surface area contributed by atoms with E-state index >= 15 is 0 Å². The summed E-state index contributed by atoms with van der Waals surface area (Å²) < 4.78 is 5.13. The van der Waals surface area contributed by atoms with Crippen LogP contribution in [0, 0.1) is 0 Å². The van der Waals surface area contributed by atoms with Gasteiger partial charge in [-0.3, -0.25) is 9.59 Å². The highest BCUT2D eigenvalue weighted by molar-refractivity contribution is 6.31. The van der Waals surface area contributed by atoms with Crippen LogP contribution in [0.2, 0.25) is 5.02 Å². The summed E-state index contributed by atoms with van der Waals surface area (Å²) in [5.41, 5.74) is 2.05. The first-order valence-electron chi connectivity index (χ1n) is 8.17. The van der Waals surface area contributed by atoms with Crippen LogP contribution in [-0.4, -0.2) is 18.9 Å². The van der Waals surface area contributed by atoms with Gasteiger partial charge >= 0.3 is 0 Å². The Balaban J connectivity index is 1.71. The van der Waals surface area contributed by atoms with E-state index in [1.165, 1.54) is 0 Å². The van der Waals surface area contributed by atoms with Gasteiger partial charge in [0.05, 0.1) is 7.11 Å². The molecule has 0 aromatic heterocycles. The molecule has 0 radical (unpaired) electrons. The van der Waals surface area contributed by atoms with Crippen LogP contribution in [0.15, 0.2) is 72.8 Å². The molecule has 0 atom stereocenters. The third kappa shape index (κ3) is 4.86. The summed E-state index contributed by atoms with van der Waals surface area (Å²) in [6, 6.07) is 20.4. The quantitative estimate of drug-likeness (QED) is 0.664. The van der Waals surface area contributed by atoms with E-state index in [-0.39, 0.29) is 11.8 Å². The number of nitrogens with one attached hydrogen (secondary N) is 2. The number of carbonyl (C=O) groups is 2. The van der Waals surface area contributed by atoms with Gasteiger partial charge in [0, 0.05) is 27.5 Å². The summed E-state index contributed by atoms with van der Waals surface area (Å²) >= 11 is 5.92. The number of hydrogen-bond donors (Lipinski definition) is 2. The maximum absolute atomic E-state index is 12.4. The van der Waals surface area contributed by atoms with Crippen LogP contribution in [0.3, 0.4) is 0 Å². The number of halogens is 1. The molecular weight excluding hydrogens is 364 g/mol. The van der Waals surface area contributed by atoms with E-state index in [1.807, 2.05) is 0 Å². The third-order valence-electron chi connectivity index (χ3n) is 3.80. The highest BCUT2D eigenvalue weighted by Gasteiger charge is 2.09. The molecule has 2 N–H and O–H groups in total. The molecule has 3 aromatic carbocycles. The minimum absolute atomic E-state index is 0.271. The largest absolute Gasteiger partial charge is 0.497 e. The Hall–Kier alpha value is -3.31. The van der Waals surface area contributed by atoms with Gasteiger partial charge in [-0.2, -0.15) is 0 Å². The third-order valence-corrected chi connectivity index (χ3v) is 4.03. The molecule has 0 aliphatic carbocycles. The van der Waals surface area contributed by atoms with Crippen LogP contribution < -0.4 is 15.4 Å². The van der Waals surface area contributed by atoms with Gasteiger partial charge in [-0.25, -0.2) is 0 Å². The lowest BCUT2D eigenvalue weighted by Crippen LogP contribution is -2.14. The van der Waals surface area contributed by atoms with Crippen molar-refractivity contribution in [2.24, 2.45) is 0 Å². The molecule has 0 fully saturated rings. The van der Waals surface area contributed by atoms with E-state index in [0.717, 1.165) is 0 Å². The fourth-order valence-electron chi connectivity index (χ4n) is 2.48. The highest BCUT2D eigenvalue weighted by atomic mass is 35.5. The van der Waals surface area contributed by atoms with Crippen molar-refractivity contribution in [3.05, 3.63) is 88.9 Å². The van der Waals surface area contributed by atoms with Crippen molar-refractivity contribution in [3.63, 3.8) is 0 Å². The number of ether oxygens (including phenoxy) is 1. The average molecular weight is 381 g/mol. The fourth-order valence-corrected chi connectivity index (χ4v) is 2.67. The number of hydrogen-bond acceptors (Lipinski definition) is 3. The summed E-state index contributed by atoms with van der Waals surface area (Å²) in [4.78, 5) is 24.7. The topological polar surface area (TPSA) is 67.4 Å². The zero-order chi connectivity index (χ0) is 19.2. The van der Waals surface area contributed by atoms with Crippen molar-refractivity contribution >= 4 is 34.8 Å². The van der Waals surface area contributed by atoms with Gasteiger partial charge in [0.1, 0.15) is 5.75 Å². The molecule has 0 aliphatic heterocycles. The first-order chi connectivity index (χ1) is 13.0. The predicted molar refractivity (Wildman–Crippen MR) is 107 cm³/mol. The highest BCUT2D eigenvalue weighted by Crippen LogP contribution is 2.19. The van der Waals surface area contributed by atoms with Gasteiger partial charge in [0.15, 0.2) is 0 Å². The van der Waals surface area contributed by atoms with Crippen LogP contribution >= 0.6 is 11.6 Å². The van der Waals surface area contributed by atoms with Crippen LogP contribution in [0.25, 0.3) is 0 Å². The Bertz CT molecular complexity index is 988. The molecule has 3 rings (SSSR count). The average Bonchev–Trinajstić information content (AvgIpc) is 2.68. The first kappa shape index (κ1) is 18.5. The molecule has 5 nitrogen and oxygen atoms in total. The Morgan fingerprint density at radius 1 is 0.778 bits per heavy atom. The molecule has 0 spiro atoms. The molecule has 0 bridgehead atoms. The molecule has 0 heterocycles. The minimum atomic E-state index is -0.284. The Morgan fingerprint density at radius 2 is 1.33 bits per heavy atom. The molecule has 136 valence electrons. The Labute approximate surface area is 161 Å². The van der Waals surface area contributed by atoms with Crippen molar-refractivity contribution in [1.29, 1.82) is 0 Å². The molecular formula is C21H17ClN2O3. The van der Waals surface area contributed by atoms with E-state index in [4.69, 9.17) is 16.3 Å². The summed E-state index contributed by atoms with van der Waals surface area (Å²) in [5, 5.41) is 6.08. The van der Waals surface area contributed by atoms with Crippen LogP contribution in [0.4, 0.5) is 11.4 Å². The van der Waals surface area contributed by atoms with Crippen LogP contribution in [-0.2, 0) is 0 Å². The van der Waals surface area contributed by atoms with Crippen molar-refractivity contribution in [1.82, 2.24) is 0 Å². The van der Waals surface area contributed by atoms with Crippen molar-refractivity contribution in [2.75, 3.05) is 17.7 Å². The minimum Gasteiger partial charge on any atom is -0.497 e. The lowest BCUT2D eigenvalue weighted by Gasteiger charge is -2.10. The van der Waals surface area contributed by atoms with Gasteiger partial charge in [-0.1, -0.05) is 29.8 Å². The van der Waals surface area contributed by atoms with Crippen molar-refractivity contribution < 1.29 is 14.3 Å². The molecule has 0 saturated carbocycles. The zero-order valence-corrected chi connectivity index (χ0v) is 15.3. The maximum Gasteiger partial charge on any atom is 0.255 e. The number of amides is 2. The van der Waals surface area contributed by atoms with E-state index in [0.29, 0.717) is 33.3 Å². The number of benzene rings is 3. The monoisotopic (exact) mass is 380 g/mol. The number of methoxy groups -OCH3 is 1. The zero-order valence-electron chi connectivity index (χ0n) is 14.5. The Kier molecular flexibility index (Phi) is 5.74. The van der Waals surface area contributed by atoms with Crippen molar-refractivity contribution in [3.8, 4) is 5.75 Å². The van der Waals surface area contributed by atoms with Gasteiger partial charge < -0.3 is 15.4 Å². The van der Waals surface area contributed by atoms with E-state index in [1.54, 1.807) is 79.9 Å². The second kappa shape index (κ2) is 8.38. The SMILES string of the molecule is COc1cccc(C(=O)Nc2cccc(NC(=O)c3cccc(Cl)c3)c2)c1. The molecule has 0 aliphatic rings. The van der Waals surface area contributed by atoms with E-state index < -0.39 is 0 Å². The summed E-state index contributed by atoms with van der Waals surface area (Å²) in [6.07, 6.45) is 0. The summed E-state index contributed by atoms with van der Waals surface area (Å²) in [5.74, 6) is 0.0474. The molecule has 27 heavy (non-hydrogen) atoms. The van der Waals surface area contributed by atoms with Gasteiger partial charge in [0.2, 0.25) is 0 Å². The lowest BCUT2D eigenvalue weighted by molar-refractivity contribution is 0.101. The fraction of sp³-hybridized carbons (Fsp3) is 0.0476. The normalized spacial score (nSPS) is 10.1. The number of carbonyl (C=O) groups excluding carboxylic acids is 2. The predicted octanol–water partition coefficient (Wildman–Crippen LogP) is 4.85. The molecule has 0 saturated heterocycles. The van der Waals surface area contributed by atoms with Gasteiger partial charge in [-0.05, 0) is 54.6 Å². The lowest BCUT2D eigenvalue weighted by atomic mass is 10.2. The molecule has 0 unspecified atom stereocenters. The van der Waals surface area contributed by atoms with Gasteiger partial charge in [-0.15, -0.1) is 0 Å². The van der Waals surface area contributed by atoms with Crippen molar-refractivity contribution in [2.45, 2.75) is 0 Å². The summed E-state index contributed by atoms with van der Waals surface area (Å²) in [6.45, 7) is 0.